The molecule has 0 saturated heterocycles. The normalized spacial score (nSPS) is 11.1. The maximum absolute atomic E-state index is 12.8. The lowest BCUT2D eigenvalue weighted by Crippen LogP contribution is -2.11. The van der Waals surface area contributed by atoms with Crippen LogP contribution in [-0.2, 0) is 16.0 Å². The van der Waals surface area contributed by atoms with Crippen LogP contribution in [0.15, 0.2) is 42.5 Å². The molecule has 0 aliphatic heterocycles. The zero-order chi connectivity index (χ0) is 24.3. The first-order chi connectivity index (χ1) is 16.6. The van der Waals surface area contributed by atoms with Crippen LogP contribution in [0.5, 0.6) is 11.5 Å². The van der Waals surface area contributed by atoms with Crippen LogP contribution in [0.2, 0.25) is 0 Å². The Morgan fingerprint density at radius 3 is 1.71 bits per heavy atom. The lowest BCUT2D eigenvalue weighted by atomic mass is 9.96. The van der Waals surface area contributed by atoms with E-state index in [-0.39, 0.29) is 11.9 Å². The predicted molar refractivity (Wildman–Crippen MR) is 140 cm³/mol. The quantitative estimate of drug-likeness (QED) is 0.111. The second kappa shape index (κ2) is 13.1. The van der Waals surface area contributed by atoms with Crippen molar-refractivity contribution in [1.29, 1.82) is 0 Å². The van der Waals surface area contributed by atoms with Gasteiger partial charge >= 0.3 is 11.9 Å². The highest BCUT2D eigenvalue weighted by Crippen LogP contribution is 2.44. The van der Waals surface area contributed by atoms with Crippen molar-refractivity contribution in [2.45, 2.75) is 91.4 Å². The number of carbonyl (C=O) groups excluding carboxylic acids is 2. The molecule has 0 atom stereocenters. The number of hydrogen-bond donors (Lipinski definition) is 0. The van der Waals surface area contributed by atoms with E-state index >= 15 is 0 Å². The summed E-state index contributed by atoms with van der Waals surface area (Å²) >= 11 is 0. The summed E-state index contributed by atoms with van der Waals surface area (Å²) in [5.74, 6) is 0.703. The Morgan fingerprint density at radius 1 is 0.618 bits per heavy atom. The van der Waals surface area contributed by atoms with Crippen molar-refractivity contribution in [1.82, 2.24) is 0 Å². The predicted octanol–water partition coefficient (Wildman–Crippen LogP) is 8.31. The second-order valence-electron chi connectivity index (χ2n) is 8.97. The van der Waals surface area contributed by atoms with Gasteiger partial charge in [-0.2, -0.15) is 0 Å². The number of rotatable bonds is 13. The highest BCUT2D eigenvalue weighted by Gasteiger charge is 2.21. The summed E-state index contributed by atoms with van der Waals surface area (Å²) in [7, 11) is 0. The molecule has 0 radical (unpaired) electrons. The van der Waals surface area contributed by atoms with Gasteiger partial charge in [0.25, 0.3) is 0 Å². The first-order valence-electron chi connectivity index (χ1n) is 13.0. The highest BCUT2D eigenvalue weighted by molar-refractivity contribution is 6.13. The molecule has 0 saturated carbocycles. The summed E-state index contributed by atoms with van der Waals surface area (Å²) < 4.78 is 12.0. The van der Waals surface area contributed by atoms with Crippen molar-refractivity contribution in [2.75, 3.05) is 0 Å². The molecule has 0 fully saturated rings. The smallest absolute Gasteiger partial charge is 0.311 e. The maximum atomic E-state index is 12.8. The molecule has 0 aromatic heterocycles. The van der Waals surface area contributed by atoms with Gasteiger partial charge in [0.2, 0.25) is 0 Å². The monoisotopic (exact) mass is 462 g/mol. The summed E-state index contributed by atoms with van der Waals surface area (Å²) in [6.07, 6.45) is 9.80. The molecule has 3 aromatic rings. The first-order valence-corrected chi connectivity index (χ1v) is 13.0. The SMILES string of the molecule is CCCCCCC(=O)Oc1c2ccccc2c(OC(=O)CCCCCC)c2c(CC)cccc12. The molecule has 0 spiro atoms. The fraction of sp³-hybridized carbons (Fsp3) is 0.467. The van der Waals surface area contributed by atoms with Crippen LogP contribution in [0.3, 0.4) is 0 Å². The van der Waals surface area contributed by atoms with E-state index in [1.54, 1.807) is 0 Å². The van der Waals surface area contributed by atoms with E-state index in [0.717, 1.165) is 84.9 Å². The fourth-order valence-electron chi connectivity index (χ4n) is 4.45. The van der Waals surface area contributed by atoms with Gasteiger partial charge < -0.3 is 9.47 Å². The van der Waals surface area contributed by atoms with Gasteiger partial charge in [-0.1, -0.05) is 102 Å². The van der Waals surface area contributed by atoms with Crippen LogP contribution in [0.4, 0.5) is 0 Å². The van der Waals surface area contributed by atoms with Gasteiger partial charge in [0, 0.05) is 34.4 Å². The Bertz CT molecular complexity index is 1120. The zero-order valence-electron chi connectivity index (χ0n) is 21.0. The van der Waals surface area contributed by atoms with Crippen molar-refractivity contribution >= 4 is 33.5 Å². The average Bonchev–Trinajstić information content (AvgIpc) is 2.86. The van der Waals surface area contributed by atoms with Crippen molar-refractivity contribution in [3.05, 3.63) is 48.0 Å². The summed E-state index contributed by atoms with van der Waals surface area (Å²) in [5.41, 5.74) is 1.07. The molecule has 3 rings (SSSR count). The third-order valence-electron chi connectivity index (χ3n) is 6.32. The molecule has 0 unspecified atom stereocenters. The third kappa shape index (κ3) is 6.37. The third-order valence-corrected chi connectivity index (χ3v) is 6.32. The molecule has 182 valence electrons. The zero-order valence-corrected chi connectivity index (χ0v) is 21.0. The van der Waals surface area contributed by atoms with Crippen LogP contribution in [0, 0.1) is 0 Å². The molecule has 0 aliphatic carbocycles. The van der Waals surface area contributed by atoms with Crippen molar-refractivity contribution in [3.8, 4) is 11.5 Å². The average molecular weight is 463 g/mol. The Labute approximate surface area is 203 Å². The molecular weight excluding hydrogens is 424 g/mol. The number of esters is 2. The van der Waals surface area contributed by atoms with E-state index in [1.165, 1.54) is 0 Å². The summed E-state index contributed by atoms with van der Waals surface area (Å²) in [5, 5.41) is 3.26. The molecule has 4 heteroatoms. The minimum Gasteiger partial charge on any atom is -0.425 e. The van der Waals surface area contributed by atoms with Gasteiger partial charge in [-0.25, -0.2) is 0 Å². The van der Waals surface area contributed by atoms with Crippen molar-refractivity contribution in [3.63, 3.8) is 0 Å². The lowest BCUT2D eigenvalue weighted by molar-refractivity contribution is -0.135. The number of carbonyl (C=O) groups is 2. The van der Waals surface area contributed by atoms with Gasteiger partial charge in [0.05, 0.1) is 0 Å². The lowest BCUT2D eigenvalue weighted by Gasteiger charge is -2.18. The molecule has 0 heterocycles. The van der Waals surface area contributed by atoms with Crippen molar-refractivity contribution < 1.29 is 19.1 Å². The standard InChI is InChI=1S/C30H38O4/c1-4-7-9-11-20-26(31)33-29-23-17-13-14-18-24(23)30(34-27(32)21-12-10-8-5-2)28-22(6-3)16-15-19-25(28)29/h13-19H,4-12,20-21H2,1-3H3. The van der Waals surface area contributed by atoms with E-state index in [0.29, 0.717) is 24.3 Å². The molecule has 0 aliphatic rings. The molecule has 0 amide bonds. The van der Waals surface area contributed by atoms with Crippen LogP contribution in [0.25, 0.3) is 21.5 Å². The van der Waals surface area contributed by atoms with Gasteiger partial charge in [-0.3, -0.25) is 9.59 Å². The van der Waals surface area contributed by atoms with Crippen LogP contribution >= 0.6 is 0 Å². The van der Waals surface area contributed by atoms with Gasteiger partial charge in [-0.15, -0.1) is 0 Å². The summed E-state index contributed by atoms with van der Waals surface area (Å²) in [4.78, 5) is 25.5. The summed E-state index contributed by atoms with van der Waals surface area (Å²) in [6, 6.07) is 13.7. The van der Waals surface area contributed by atoms with Gasteiger partial charge in [0.1, 0.15) is 11.5 Å². The van der Waals surface area contributed by atoms with Crippen LogP contribution in [0.1, 0.15) is 90.5 Å². The van der Waals surface area contributed by atoms with Crippen LogP contribution in [-0.4, -0.2) is 11.9 Å². The number of ether oxygens (including phenoxy) is 2. The molecule has 0 N–H and O–H groups in total. The Morgan fingerprint density at radius 2 is 1.15 bits per heavy atom. The second-order valence-corrected chi connectivity index (χ2v) is 8.97. The van der Waals surface area contributed by atoms with E-state index in [4.69, 9.17) is 9.47 Å². The van der Waals surface area contributed by atoms with Crippen molar-refractivity contribution in [2.24, 2.45) is 0 Å². The van der Waals surface area contributed by atoms with Crippen LogP contribution < -0.4 is 9.47 Å². The van der Waals surface area contributed by atoms with E-state index in [1.807, 2.05) is 42.5 Å². The Balaban J connectivity index is 2.02. The van der Waals surface area contributed by atoms with E-state index < -0.39 is 0 Å². The molecule has 4 nitrogen and oxygen atoms in total. The largest absolute Gasteiger partial charge is 0.425 e. The summed E-state index contributed by atoms with van der Waals surface area (Å²) in [6.45, 7) is 6.39. The number of fused-ring (bicyclic) bond motifs is 2. The molecule has 3 aromatic carbocycles. The van der Waals surface area contributed by atoms with Gasteiger partial charge in [-0.05, 0) is 24.8 Å². The number of aryl methyl sites for hydroxylation is 1. The maximum Gasteiger partial charge on any atom is 0.311 e. The molecule has 0 bridgehead atoms. The Hall–Kier alpha value is -2.88. The fourth-order valence-corrected chi connectivity index (χ4v) is 4.45. The highest BCUT2D eigenvalue weighted by atomic mass is 16.5. The van der Waals surface area contributed by atoms with E-state index in [2.05, 4.69) is 20.8 Å². The molecular formula is C30H38O4. The number of unbranched alkanes of at least 4 members (excludes halogenated alkanes) is 6. The number of hydrogen-bond acceptors (Lipinski definition) is 4. The number of benzene rings is 3. The van der Waals surface area contributed by atoms with E-state index in [9.17, 15) is 9.59 Å². The van der Waals surface area contributed by atoms with Gasteiger partial charge in [0.15, 0.2) is 0 Å². The topological polar surface area (TPSA) is 52.6 Å². The minimum atomic E-state index is -0.217. The minimum absolute atomic E-state index is 0.214. The molecule has 34 heavy (non-hydrogen) atoms. The Kier molecular flexibility index (Phi) is 9.93. The first kappa shape index (κ1) is 25.7.